The molecule has 1 aliphatic rings. The Morgan fingerprint density at radius 1 is 1.50 bits per heavy atom. The van der Waals surface area contributed by atoms with E-state index in [2.05, 4.69) is 12.6 Å². The van der Waals surface area contributed by atoms with Gasteiger partial charge >= 0.3 is 0 Å². The number of hydrogen-bond donors (Lipinski definition) is 2. The quantitative estimate of drug-likeness (QED) is 0.427. The van der Waals surface area contributed by atoms with Gasteiger partial charge in [-0.2, -0.15) is 12.6 Å². The van der Waals surface area contributed by atoms with Gasteiger partial charge in [0.25, 0.3) is 0 Å². The molecule has 0 radical (unpaired) electrons. The molecule has 6 heavy (non-hydrogen) atoms. The van der Waals surface area contributed by atoms with Gasteiger partial charge in [0.15, 0.2) is 0 Å². The molecule has 36 valence electrons. The first-order chi connectivity index (χ1) is 2.80. The molecule has 1 aliphatic carbocycles. The van der Waals surface area contributed by atoms with Gasteiger partial charge in [-0.15, -0.1) is 0 Å². The maximum Gasteiger partial charge on any atom is 0.0169 e. The average molecular weight is 103 g/mol. The lowest BCUT2D eigenvalue weighted by Gasteiger charge is -2.28. The highest BCUT2D eigenvalue weighted by Crippen LogP contribution is 2.22. The molecule has 0 spiro atoms. The highest BCUT2D eigenvalue weighted by atomic mass is 32.1. The van der Waals surface area contributed by atoms with Crippen molar-refractivity contribution in [1.82, 2.24) is 0 Å². The molecule has 2 heteroatoms. The lowest BCUT2D eigenvalue weighted by molar-refractivity contribution is 0.436. The van der Waals surface area contributed by atoms with Gasteiger partial charge in [-0.05, 0) is 12.8 Å². The summed E-state index contributed by atoms with van der Waals surface area (Å²) < 4.78 is 0. The topological polar surface area (TPSA) is 26.0 Å². The molecule has 0 aromatic heterocycles. The molecule has 1 nitrogen and oxygen atoms in total. The number of thiol groups is 1. The molecule has 1 rings (SSSR count). The maximum atomic E-state index is 5.45. The minimum Gasteiger partial charge on any atom is -0.327 e. The van der Waals surface area contributed by atoms with Gasteiger partial charge in [0.2, 0.25) is 0 Å². The highest BCUT2D eigenvalue weighted by Gasteiger charge is 2.22. The van der Waals surface area contributed by atoms with Crippen LogP contribution in [0.25, 0.3) is 0 Å². The molecule has 0 bridgehead atoms. The Balaban J connectivity index is 2.20. The van der Waals surface area contributed by atoms with Crippen molar-refractivity contribution in [3.05, 3.63) is 0 Å². The molecular weight excluding hydrogens is 94.1 g/mol. The summed E-state index contributed by atoms with van der Waals surface area (Å²) in [5.74, 6) is 0. The summed E-state index contributed by atoms with van der Waals surface area (Å²) in [7, 11) is 0. The molecule has 0 unspecified atom stereocenters. The van der Waals surface area contributed by atoms with Crippen LogP contribution < -0.4 is 5.73 Å². The van der Waals surface area contributed by atoms with Crippen LogP contribution in [-0.2, 0) is 0 Å². The van der Waals surface area contributed by atoms with Gasteiger partial charge in [0.1, 0.15) is 0 Å². The second-order valence-electron chi connectivity index (χ2n) is 1.81. The maximum absolute atomic E-state index is 5.45. The van der Waals surface area contributed by atoms with Gasteiger partial charge in [0, 0.05) is 11.3 Å². The molecule has 1 fully saturated rings. The van der Waals surface area contributed by atoms with Crippen LogP contribution in [-0.4, -0.2) is 11.3 Å². The first kappa shape index (κ1) is 4.47. The fraction of sp³-hybridized carbons (Fsp3) is 1.00. The van der Waals surface area contributed by atoms with E-state index >= 15 is 0 Å². The van der Waals surface area contributed by atoms with Crippen molar-refractivity contribution in [3.63, 3.8) is 0 Å². The van der Waals surface area contributed by atoms with Crippen molar-refractivity contribution < 1.29 is 0 Å². The molecule has 0 aromatic carbocycles. The molecule has 0 saturated heterocycles. The van der Waals surface area contributed by atoms with Crippen molar-refractivity contribution in [1.29, 1.82) is 0 Å². The molecule has 1 saturated carbocycles. The van der Waals surface area contributed by atoms with Crippen molar-refractivity contribution in [3.8, 4) is 0 Å². The summed E-state index contributed by atoms with van der Waals surface area (Å²) in [6, 6.07) is 0.397. The molecule has 0 aromatic rings. The van der Waals surface area contributed by atoms with Crippen LogP contribution in [0.3, 0.4) is 0 Å². The number of nitrogens with two attached hydrogens (primary N) is 1. The Morgan fingerprint density at radius 3 is 2.00 bits per heavy atom. The lowest BCUT2D eigenvalue weighted by Crippen LogP contribution is -2.40. The number of hydrogen-bond acceptors (Lipinski definition) is 2. The first-order valence-electron chi connectivity index (χ1n) is 2.24. The molecule has 0 aliphatic heterocycles. The van der Waals surface area contributed by atoms with Gasteiger partial charge in [-0.3, -0.25) is 0 Å². The van der Waals surface area contributed by atoms with Crippen LogP contribution in [0.2, 0.25) is 0 Å². The molecule has 2 N–H and O–H groups in total. The third kappa shape index (κ3) is 0.545. The molecule has 0 heterocycles. The van der Waals surface area contributed by atoms with E-state index in [9.17, 15) is 0 Å². The average Bonchev–Trinajstić information content (AvgIpc) is 1.61. The van der Waals surface area contributed by atoms with Crippen molar-refractivity contribution in [2.24, 2.45) is 5.73 Å². The number of rotatable bonds is 0. The molecular formula is C4H9NS. The zero-order chi connectivity index (χ0) is 4.57. The second-order valence-corrected chi connectivity index (χ2v) is 2.47. The normalized spacial score (nSPS) is 45.0. The fourth-order valence-electron chi connectivity index (χ4n) is 0.508. The van der Waals surface area contributed by atoms with Crippen LogP contribution in [0.1, 0.15) is 12.8 Å². The van der Waals surface area contributed by atoms with E-state index in [1.165, 1.54) is 12.8 Å². The third-order valence-corrected chi connectivity index (χ3v) is 1.93. The van der Waals surface area contributed by atoms with Gasteiger partial charge in [-0.25, -0.2) is 0 Å². The summed E-state index contributed by atoms with van der Waals surface area (Å²) in [4.78, 5) is 0. The standard InChI is InChI=1S/C4H9NS/c5-3-1-2-4(3)6/h3-4,6H,1-2,5H2/t3-,4+/m1/s1. The monoisotopic (exact) mass is 103 g/mol. The van der Waals surface area contributed by atoms with E-state index in [-0.39, 0.29) is 0 Å². The van der Waals surface area contributed by atoms with Crippen LogP contribution in [0.5, 0.6) is 0 Å². The zero-order valence-electron chi connectivity index (χ0n) is 3.59. The summed E-state index contributed by atoms with van der Waals surface area (Å²) in [5, 5.41) is 0.505. The van der Waals surface area contributed by atoms with Crippen LogP contribution >= 0.6 is 12.6 Å². The van der Waals surface area contributed by atoms with E-state index in [0.717, 1.165) is 0 Å². The SMILES string of the molecule is N[C@@H]1CC[C@@H]1S. The lowest BCUT2D eigenvalue weighted by atomic mass is 9.93. The van der Waals surface area contributed by atoms with E-state index in [0.29, 0.717) is 11.3 Å². The Morgan fingerprint density at radius 2 is 2.00 bits per heavy atom. The van der Waals surface area contributed by atoms with E-state index in [1.807, 2.05) is 0 Å². The van der Waals surface area contributed by atoms with Gasteiger partial charge in [-0.1, -0.05) is 0 Å². The summed E-state index contributed by atoms with van der Waals surface area (Å²) in [6.07, 6.45) is 2.39. The van der Waals surface area contributed by atoms with Gasteiger partial charge < -0.3 is 5.73 Å². The van der Waals surface area contributed by atoms with Crippen molar-refractivity contribution in [2.45, 2.75) is 24.1 Å². The van der Waals surface area contributed by atoms with Crippen LogP contribution in [0.15, 0.2) is 0 Å². The van der Waals surface area contributed by atoms with Crippen LogP contribution in [0.4, 0.5) is 0 Å². The van der Waals surface area contributed by atoms with Crippen molar-refractivity contribution >= 4 is 12.6 Å². The van der Waals surface area contributed by atoms with Crippen LogP contribution in [0, 0.1) is 0 Å². The Labute approximate surface area is 43.3 Å². The highest BCUT2D eigenvalue weighted by molar-refractivity contribution is 7.81. The minimum absolute atomic E-state index is 0.397. The van der Waals surface area contributed by atoms with Crippen molar-refractivity contribution in [2.75, 3.05) is 0 Å². The smallest absolute Gasteiger partial charge is 0.0169 e. The predicted molar refractivity (Wildman–Crippen MR) is 30.0 cm³/mol. The predicted octanol–water partition coefficient (Wildman–Crippen LogP) is 0.406. The van der Waals surface area contributed by atoms with E-state index in [1.54, 1.807) is 0 Å². The Hall–Kier alpha value is 0.310. The fourth-order valence-corrected chi connectivity index (χ4v) is 0.806. The first-order valence-corrected chi connectivity index (χ1v) is 2.76. The summed E-state index contributed by atoms with van der Waals surface area (Å²) >= 11 is 4.15. The summed E-state index contributed by atoms with van der Waals surface area (Å²) in [5.41, 5.74) is 5.45. The second kappa shape index (κ2) is 1.43. The molecule has 2 atom stereocenters. The zero-order valence-corrected chi connectivity index (χ0v) is 4.49. The molecule has 0 amide bonds. The Kier molecular flexibility index (Phi) is 1.06. The third-order valence-electron chi connectivity index (χ3n) is 1.29. The summed E-state index contributed by atoms with van der Waals surface area (Å²) in [6.45, 7) is 0. The Bertz CT molecular complexity index is 47.5. The largest absolute Gasteiger partial charge is 0.327 e. The van der Waals surface area contributed by atoms with E-state index < -0.39 is 0 Å². The van der Waals surface area contributed by atoms with Gasteiger partial charge in [0.05, 0.1) is 0 Å². The van der Waals surface area contributed by atoms with E-state index in [4.69, 9.17) is 5.73 Å². The minimum atomic E-state index is 0.397.